The molecule has 3 rings (SSSR count). The van der Waals surface area contributed by atoms with Crippen molar-refractivity contribution in [2.75, 3.05) is 27.7 Å². The summed E-state index contributed by atoms with van der Waals surface area (Å²) in [6, 6.07) is 18.9. The van der Waals surface area contributed by atoms with E-state index >= 15 is 0 Å². The molecule has 0 aliphatic carbocycles. The molecule has 0 amide bonds. The molecule has 0 radical (unpaired) electrons. The number of nitrogens with one attached hydrogen (secondary N) is 2. The Bertz CT molecular complexity index is 904. The Morgan fingerprint density at radius 2 is 1.73 bits per heavy atom. The lowest BCUT2D eigenvalue weighted by atomic mass is 10.1. The summed E-state index contributed by atoms with van der Waals surface area (Å²) in [5, 5.41) is 11.1. The molecule has 0 atom stereocenters. The Morgan fingerprint density at radius 3 is 2.37 bits per heavy atom. The minimum Gasteiger partial charge on any atom is -0.356 e. The van der Waals surface area contributed by atoms with E-state index in [2.05, 4.69) is 88.3 Å². The van der Waals surface area contributed by atoms with Gasteiger partial charge in [0.05, 0.1) is 5.69 Å². The van der Waals surface area contributed by atoms with Crippen molar-refractivity contribution in [2.24, 2.45) is 4.99 Å². The monoisotopic (exact) mass is 518 g/mol. The summed E-state index contributed by atoms with van der Waals surface area (Å²) in [6.45, 7) is 2.50. The van der Waals surface area contributed by atoms with Crippen LogP contribution in [0.1, 0.15) is 16.7 Å². The Balaban J connectivity index is 0.00000320. The van der Waals surface area contributed by atoms with E-state index in [1.54, 1.807) is 13.2 Å². The van der Waals surface area contributed by atoms with E-state index in [1.807, 2.05) is 16.9 Å². The van der Waals surface area contributed by atoms with E-state index < -0.39 is 0 Å². The molecule has 0 saturated carbocycles. The van der Waals surface area contributed by atoms with Gasteiger partial charge in [-0.15, -0.1) is 24.0 Å². The highest BCUT2D eigenvalue weighted by Gasteiger charge is 2.05. The lowest BCUT2D eigenvalue weighted by Crippen LogP contribution is -2.38. The van der Waals surface area contributed by atoms with Crippen molar-refractivity contribution < 1.29 is 0 Å². The van der Waals surface area contributed by atoms with Crippen LogP contribution in [0.5, 0.6) is 0 Å². The first-order valence-electron chi connectivity index (χ1n) is 9.90. The molecule has 2 aromatic carbocycles. The number of benzene rings is 2. The maximum absolute atomic E-state index is 4.35. The molecule has 1 aromatic heterocycles. The third kappa shape index (κ3) is 7.14. The van der Waals surface area contributed by atoms with Crippen LogP contribution in [0.3, 0.4) is 0 Å². The van der Waals surface area contributed by atoms with Gasteiger partial charge in [-0.1, -0.05) is 36.4 Å². The summed E-state index contributed by atoms with van der Waals surface area (Å²) < 4.78 is 1.86. The van der Waals surface area contributed by atoms with Crippen LogP contribution in [-0.4, -0.2) is 48.3 Å². The number of rotatable bonds is 8. The summed E-state index contributed by atoms with van der Waals surface area (Å²) in [4.78, 5) is 6.53. The average molecular weight is 518 g/mol. The van der Waals surface area contributed by atoms with Crippen LogP contribution in [0, 0.1) is 0 Å². The standard InChI is InChI=1S/C23H30N6.HI/c1-24-23(26-17-20-7-4-5-8-21(20)18-28(2)3)25-15-13-19-9-11-22(12-10-19)29-16-6-14-27-29;/h4-12,14,16H,13,15,17-18H2,1-3H3,(H2,24,25,26);1H. The molecular formula is C23H31IN6. The van der Waals surface area contributed by atoms with E-state index in [0.717, 1.165) is 37.7 Å². The van der Waals surface area contributed by atoms with Gasteiger partial charge in [0.15, 0.2) is 5.96 Å². The van der Waals surface area contributed by atoms with Gasteiger partial charge in [-0.05, 0) is 55.4 Å². The van der Waals surface area contributed by atoms with E-state index in [9.17, 15) is 0 Å². The molecule has 30 heavy (non-hydrogen) atoms. The van der Waals surface area contributed by atoms with Crippen LogP contribution >= 0.6 is 24.0 Å². The van der Waals surface area contributed by atoms with Crippen molar-refractivity contribution in [1.29, 1.82) is 0 Å². The molecule has 0 bridgehead atoms. The number of halogens is 1. The van der Waals surface area contributed by atoms with Gasteiger partial charge in [0.1, 0.15) is 0 Å². The number of hydrogen-bond donors (Lipinski definition) is 2. The van der Waals surface area contributed by atoms with E-state index in [0.29, 0.717) is 0 Å². The zero-order valence-corrected chi connectivity index (χ0v) is 20.2. The Labute approximate surface area is 196 Å². The van der Waals surface area contributed by atoms with Gasteiger partial charge < -0.3 is 15.5 Å². The summed E-state index contributed by atoms with van der Waals surface area (Å²) in [5.74, 6) is 0.817. The molecule has 6 nitrogen and oxygen atoms in total. The predicted molar refractivity (Wildman–Crippen MR) is 135 cm³/mol. The fourth-order valence-corrected chi connectivity index (χ4v) is 3.19. The first-order chi connectivity index (χ1) is 14.2. The molecule has 160 valence electrons. The highest BCUT2D eigenvalue weighted by Crippen LogP contribution is 2.11. The van der Waals surface area contributed by atoms with Gasteiger partial charge in [-0.25, -0.2) is 4.68 Å². The second-order valence-electron chi connectivity index (χ2n) is 7.23. The first-order valence-corrected chi connectivity index (χ1v) is 9.90. The molecule has 0 aliphatic rings. The largest absolute Gasteiger partial charge is 0.356 e. The smallest absolute Gasteiger partial charge is 0.191 e. The van der Waals surface area contributed by atoms with Gasteiger partial charge in [-0.2, -0.15) is 5.10 Å². The molecule has 1 heterocycles. The van der Waals surface area contributed by atoms with Gasteiger partial charge >= 0.3 is 0 Å². The van der Waals surface area contributed by atoms with Gasteiger partial charge in [-0.3, -0.25) is 4.99 Å². The van der Waals surface area contributed by atoms with Crippen LogP contribution in [0.2, 0.25) is 0 Å². The van der Waals surface area contributed by atoms with Gasteiger partial charge in [0.2, 0.25) is 0 Å². The van der Waals surface area contributed by atoms with Crippen LogP contribution < -0.4 is 10.6 Å². The van der Waals surface area contributed by atoms with Crippen molar-refractivity contribution in [3.63, 3.8) is 0 Å². The molecule has 0 unspecified atom stereocenters. The Morgan fingerprint density at radius 1 is 1.00 bits per heavy atom. The van der Waals surface area contributed by atoms with Crippen molar-refractivity contribution >= 4 is 29.9 Å². The fourth-order valence-electron chi connectivity index (χ4n) is 3.19. The summed E-state index contributed by atoms with van der Waals surface area (Å²) in [6.07, 6.45) is 4.66. The minimum atomic E-state index is 0. The normalized spacial score (nSPS) is 11.3. The van der Waals surface area contributed by atoms with Crippen molar-refractivity contribution in [1.82, 2.24) is 25.3 Å². The SMILES string of the molecule is CN=C(NCCc1ccc(-n2cccn2)cc1)NCc1ccccc1CN(C)C.I. The lowest BCUT2D eigenvalue weighted by molar-refractivity contribution is 0.400. The zero-order chi connectivity index (χ0) is 20.5. The van der Waals surface area contributed by atoms with E-state index in [1.165, 1.54) is 16.7 Å². The molecule has 0 saturated heterocycles. The number of nitrogens with zero attached hydrogens (tertiary/aromatic N) is 4. The number of guanidine groups is 1. The third-order valence-corrected chi connectivity index (χ3v) is 4.69. The zero-order valence-electron chi connectivity index (χ0n) is 17.9. The number of hydrogen-bond acceptors (Lipinski definition) is 3. The highest BCUT2D eigenvalue weighted by atomic mass is 127. The fraction of sp³-hybridized carbons (Fsp3) is 0.304. The third-order valence-electron chi connectivity index (χ3n) is 4.69. The second kappa shape index (κ2) is 12.3. The predicted octanol–water partition coefficient (Wildman–Crippen LogP) is 3.46. The maximum Gasteiger partial charge on any atom is 0.191 e. The van der Waals surface area contributed by atoms with Crippen LogP contribution in [0.15, 0.2) is 72.0 Å². The Kier molecular flexibility index (Phi) is 9.82. The second-order valence-corrected chi connectivity index (χ2v) is 7.23. The minimum absolute atomic E-state index is 0. The van der Waals surface area contributed by atoms with Gasteiger partial charge in [0, 0.05) is 39.1 Å². The summed E-state index contributed by atoms with van der Waals surface area (Å²) in [5.41, 5.74) is 4.97. The molecule has 7 heteroatoms. The van der Waals surface area contributed by atoms with E-state index in [4.69, 9.17) is 0 Å². The van der Waals surface area contributed by atoms with Crippen LogP contribution in [0.4, 0.5) is 0 Å². The number of aliphatic imine (C=N–C) groups is 1. The van der Waals surface area contributed by atoms with Crippen LogP contribution in [-0.2, 0) is 19.5 Å². The van der Waals surface area contributed by atoms with Crippen molar-refractivity contribution in [2.45, 2.75) is 19.5 Å². The summed E-state index contributed by atoms with van der Waals surface area (Å²) in [7, 11) is 5.98. The maximum atomic E-state index is 4.35. The quantitative estimate of drug-likeness (QED) is 0.273. The van der Waals surface area contributed by atoms with Crippen molar-refractivity contribution in [3.8, 4) is 5.69 Å². The highest BCUT2D eigenvalue weighted by molar-refractivity contribution is 14.0. The van der Waals surface area contributed by atoms with Crippen molar-refractivity contribution in [3.05, 3.63) is 83.7 Å². The molecule has 2 N–H and O–H groups in total. The van der Waals surface area contributed by atoms with Crippen LogP contribution in [0.25, 0.3) is 5.69 Å². The molecule has 0 aliphatic heterocycles. The summed E-state index contributed by atoms with van der Waals surface area (Å²) >= 11 is 0. The molecule has 0 fully saturated rings. The molecule has 3 aromatic rings. The lowest BCUT2D eigenvalue weighted by Gasteiger charge is -2.16. The van der Waals surface area contributed by atoms with Gasteiger partial charge in [0.25, 0.3) is 0 Å². The van der Waals surface area contributed by atoms with E-state index in [-0.39, 0.29) is 24.0 Å². The average Bonchev–Trinajstić information content (AvgIpc) is 3.26. The molecular weight excluding hydrogens is 487 g/mol. The topological polar surface area (TPSA) is 57.5 Å². The Hall–Kier alpha value is -2.39. The molecule has 0 spiro atoms. The first kappa shape index (κ1) is 23.9. The number of aromatic nitrogens is 2.